The van der Waals surface area contributed by atoms with E-state index in [4.69, 9.17) is 5.73 Å². The summed E-state index contributed by atoms with van der Waals surface area (Å²) < 4.78 is 13.0. The van der Waals surface area contributed by atoms with Gasteiger partial charge in [-0.2, -0.15) is 0 Å². The third-order valence-electron chi connectivity index (χ3n) is 8.20. The van der Waals surface area contributed by atoms with Crippen molar-refractivity contribution in [3.05, 3.63) is 65.9 Å². The first-order valence-electron chi connectivity index (χ1n) is 13.2. The van der Waals surface area contributed by atoms with Crippen LogP contribution in [0.15, 0.2) is 54.6 Å². The number of carbonyl (C=O) groups excluding carboxylic acids is 2. The summed E-state index contributed by atoms with van der Waals surface area (Å²) in [5.41, 5.74) is 8.17. The molecule has 5 rings (SSSR count). The number of likely N-dealkylation sites (tertiary alicyclic amines) is 1. The molecule has 0 radical (unpaired) electrons. The molecule has 5 N–H and O–H groups in total. The molecule has 200 valence electrons. The number of benzene rings is 2. The number of H-pyrrole nitrogens is 1. The molecule has 2 aliphatic rings. The number of amides is 2. The third kappa shape index (κ3) is 5.15. The molecular formula is C29H33FN4O4. The second-order valence-corrected chi connectivity index (χ2v) is 10.5. The van der Waals surface area contributed by atoms with Gasteiger partial charge in [0.15, 0.2) is 0 Å². The number of nitrogens with one attached hydrogen (secondary N) is 2. The van der Waals surface area contributed by atoms with Crippen LogP contribution in [0, 0.1) is 11.8 Å². The molecule has 0 spiro atoms. The molecule has 1 saturated heterocycles. The number of halogens is 1. The predicted octanol–water partition coefficient (Wildman–Crippen LogP) is 4.29. The number of carbonyl (C=O) groups is 3. The van der Waals surface area contributed by atoms with Gasteiger partial charge in [-0.15, -0.1) is 0 Å². The highest BCUT2D eigenvalue weighted by molar-refractivity contribution is 6.01. The van der Waals surface area contributed by atoms with E-state index in [0.717, 1.165) is 5.56 Å². The van der Waals surface area contributed by atoms with Gasteiger partial charge in [0.1, 0.15) is 18.4 Å². The van der Waals surface area contributed by atoms with Gasteiger partial charge < -0.3 is 26.0 Å². The van der Waals surface area contributed by atoms with E-state index in [1.165, 1.54) is 6.07 Å². The van der Waals surface area contributed by atoms with Crippen LogP contribution in [-0.4, -0.2) is 58.1 Å². The number of nitrogens with two attached hydrogens (primary N) is 1. The zero-order valence-electron chi connectivity index (χ0n) is 21.1. The standard InChI is InChI=1S/C29H33FN4O4/c30-16-23(31)18-6-8-19(9-7-18)28(36)34-13-12-22(17-4-2-1-3-5-17)26(34)27(35)32-21-10-11-24-20(14-21)15-25(33-24)29(37)38/h1-5,10-11,14-15,18-19,22-23,26,33H,6-9,12-13,16,31H2,(H,32,35)(H,37,38)/t18?,19?,22-,23?,26+/m1/s1. The van der Waals surface area contributed by atoms with Gasteiger partial charge in [-0.05, 0) is 67.9 Å². The molecule has 2 heterocycles. The Hall–Kier alpha value is -3.72. The monoisotopic (exact) mass is 520 g/mol. The Morgan fingerprint density at radius 1 is 1.05 bits per heavy atom. The lowest BCUT2D eigenvalue weighted by Crippen LogP contribution is -2.48. The zero-order chi connectivity index (χ0) is 26.8. The van der Waals surface area contributed by atoms with Crippen molar-refractivity contribution in [2.75, 3.05) is 18.5 Å². The molecule has 9 heteroatoms. The normalized spacial score (nSPS) is 24.3. The van der Waals surface area contributed by atoms with Crippen molar-refractivity contribution in [1.29, 1.82) is 0 Å². The Bertz CT molecular complexity index is 1320. The number of alkyl halides is 1. The minimum Gasteiger partial charge on any atom is -0.477 e. The summed E-state index contributed by atoms with van der Waals surface area (Å²) in [6, 6.07) is 15.3. The lowest BCUT2D eigenvalue weighted by Gasteiger charge is -2.35. The first-order chi connectivity index (χ1) is 18.4. The maximum atomic E-state index is 13.8. The van der Waals surface area contributed by atoms with Gasteiger partial charge in [-0.1, -0.05) is 30.3 Å². The fourth-order valence-electron chi connectivity index (χ4n) is 6.11. The highest BCUT2D eigenvalue weighted by Crippen LogP contribution is 2.38. The van der Waals surface area contributed by atoms with Crippen LogP contribution in [0.25, 0.3) is 10.9 Å². The van der Waals surface area contributed by atoms with Crippen LogP contribution in [0.1, 0.15) is 54.1 Å². The number of anilines is 1. The van der Waals surface area contributed by atoms with Crippen molar-refractivity contribution in [2.24, 2.45) is 17.6 Å². The van der Waals surface area contributed by atoms with Crippen LogP contribution in [0.5, 0.6) is 0 Å². The van der Waals surface area contributed by atoms with Crippen LogP contribution in [0.3, 0.4) is 0 Å². The average Bonchev–Trinajstić information content (AvgIpc) is 3.58. The topological polar surface area (TPSA) is 129 Å². The van der Waals surface area contributed by atoms with E-state index >= 15 is 0 Å². The minimum atomic E-state index is -1.06. The van der Waals surface area contributed by atoms with E-state index in [0.29, 0.717) is 55.2 Å². The van der Waals surface area contributed by atoms with E-state index in [1.807, 2.05) is 30.3 Å². The van der Waals surface area contributed by atoms with Gasteiger partial charge in [0.2, 0.25) is 11.8 Å². The molecule has 1 aromatic heterocycles. The summed E-state index contributed by atoms with van der Waals surface area (Å²) in [5.74, 6) is -1.61. The SMILES string of the molecule is NC(CF)C1CCC(C(=O)N2CC[C@H](c3ccccc3)[C@H]2C(=O)Nc2ccc3[nH]c(C(=O)O)cc3c2)CC1. The van der Waals surface area contributed by atoms with Crippen LogP contribution < -0.4 is 11.1 Å². The minimum absolute atomic E-state index is 0.0250. The number of hydrogen-bond donors (Lipinski definition) is 4. The predicted molar refractivity (Wildman–Crippen MR) is 143 cm³/mol. The van der Waals surface area contributed by atoms with E-state index in [1.54, 1.807) is 23.1 Å². The zero-order valence-corrected chi connectivity index (χ0v) is 21.1. The van der Waals surface area contributed by atoms with Gasteiger partial charge in [-0.25, -0.2) is 9.18 Å². The third-order valence-corrected chi connectivity index (χ3v) is 8.20. The van der Waals surface area contributed by atoms with Gasteiger partial charge in [0.25, 0.3) is 0 Å². The number of nitrogens with zero attached hydrogens (tertiary/aromatic N) is 1. The molecular weight excluding hydrogens is 487 g/mol. The number of rotatable bonds is 7. The second kappa shape index (κ2) is 10.9. The molecule has 8 nitrogen and oxygen atoms in total. The Morgan fingerprint density at radius 3 is 2.47 bits per heavy atom. The molecule has 2 amide bonds. The molecule has 38 heavy (non-hydrogen) atoms. The number of aromatic amines is 1. The number of carboxylic acid groups (broad SMARTS) is 1. The summed E-state index contributed by atoms with van der Waals surface area (Å²) in [5, 5.41) is 12.9. The Balaban J connectivity index is 1.37. The maximum absolute atomic E-state index is 13.8. The first-order valence-corrected chi connectivity index (χ1v) is 13.2. The van der Waals surface area contributed by atoms with E-state index in [-0.39, 0.29) is 35.3 Å². The fourth-order valence-corrected chi connectivity index (χ4v) is 6.11. The average molecular weight is 521 g/mol. The van der Waals surface area contributed by atoms with Crippen LogP contribution in [0.4, 0.5) is 10.1 Å². The van der Waals surface area contributed by atoms with Gasteiger partial charge in [0, 0.05) is 41.0 Å². The van der Waals surface area contributed by atoms with Crippen molar-refractivity contribution in [1.82, 2.24) is 9.88 Å². The van der Waals surface area contributed by atoms with E-state index in [9.17, 15) is 23.9 Å². The van der Waals surface area contributed by atoms with Crippen molar-refractivity contribution < 1.29 is 23.9 Å². The molecule has 2 aromatic carbocycles. The van der Waals surface area contributed by atoms with E-state index in [2.05, 4.69) is 10.3 Å². The van der Waals surface area contributed by atoms with Gasteiger partial charge >= 0.3 is 5.97 Å². The van der Waals surface area contributed by atoms with Crippen LogP contribution >= 0.6 is 0 Å². The maximum Gasteiger partial charge on any atom is 0.352 e. The van der Waals surface area contributed by atoms with Crippen molar-refractivity contribution >= 4 is 34.4 Å². The molecule has 1 unspecified atom stereocenters. The molecule has 0 bridgehead atoms. The summed E-state index contributed by atoms with van der Waals surface area (Å²) in [4.78, 5) is 43.4. The lowest BCUT2D eigenvalue weighted by atomic mass is 9.78. The van der Waals surface area contributed by atoms with Crippen LogP contribution in [-0.2, 0) is 9.59 Å². The Labute approximate surface area is 220 Å². The molecule has 1 saturated carbocycles. The Morgan fingerprint density at radius 2 is 1.79 bits per heavy atom. The number of aromatic carboxylic acids is 1. The molecule has 2 fully saturated rings. The van der Waals surface area contributed by atoms with Gasteiger partial charge in [0.05, 0.1) is 0 Å². The number of carboxylic acids is 1. The molecule has 3 aromatic rings. The first kappa shape index (κ1) is 25.9. The summed E-state index contributed by atoms with van der Waals surface area (Å²) in [6.07, 6.45) is 3.39. The molecule has 3 atom stereocenters. The quantitative estimate of drug-likeness (QED) is 0.369. The highest BCUT2D eigenvalue weighted by Gasteiger charge is 2.44. The van der Waals surface area contributed by atoms with Crippen molar-refractivity contribution in [3.8, 4) is 0 Å². The fraction of sp³-hybridized carbons (Fsp3) is 0.414. The number of aromatic nitrogens is 1. The largest absolute Gasteiger partial charge is 0.477 e. The second-order valence-electron chi connectivity index (χ2n) is 10.5. The molecule has 1 aliphatic heterocycles. The number of hydrogen-bond acceptors (Lipinski definition) is 4. The summed E-state index contributed by atoms with van der Waals surface area (Å²) in [6.45, 7) is -0.0677. The van der Waals surface area contributed by atoms with E-state index < -0.39 is 24.7 Å². The smallest absolute Gasteiger partial charge is 0.352 e. The van der Waals surface area contributed by atoms with Gasteiger partial charge in [-0.3, -0.25) is 9.59 Å². The summed E-state index contributed by atoms with van der Waals surface area (Å²) in [7, 11) is 0. The Kier molecular flexibility index (Phi) is 7.46. The highest BCUT2D eigenvalue weighted by atomic mass is 19.1. The number of fused-ring (bicyclic) bond motifs is 1. The molecule has 1 aliphatic carbocycles. The summed E-state index contributed by atoms with van der Waals surface area (Å²) >= 11 is 0. The van der Waals surface area contributed by atoms with Crippen molar-refractivity contribution in [3.63, 3.8) is 0 Å². The lowest BCUT2D eigenvalue weighted by molar-refractivity contribution is -0.141. The van der Waals surface area contributed by atoms with Crippen LogP contribution in [0.2, 0.25) is 0 Å². The van der Waals surface area contributed by atoms with Crippen molar-refractivity contribution in [2.45, 2.75) is 50.1 Å².